The zero-order chi connectivity index (χ0) is 15.6. The summed E-state index contributed by atoms with van der Waals surface area (Å²) in [7, 11) is 0. The Hall–Kier alpha value is -2.43. The number of nitrogens with one attached hydrogen (secondary N) is 2. The van der Waals surface area contributed by atoms with Crippen LogP contribution in [0.4, 0.5) is 5.82 Å². The van der Waals surface area contributed by atoms with Crippen molar-refractivity contribution in [3.05, 3.63) is 36.2 Å². The number of pyridine rings is 1. The van der Waals surface area contributed by atoms with Gasteiger partial charge in [0.05, 0.1) is 13.2 Å². The molecule has 1 saturated heterocycles. The number of rotatable bonds is 6. The van der Waals surface area contributed by atoms with Crippen molar-refractivity contribution in [2.75, 3.05) is 44.7 Å². The maximum Gasteiger partial charge on any atom is 0.263 e. The molecule has 0 spiro atoms. The van der Waals surface area contributed by atoms with Crippen LogP contribution >= 0.6 is 0 Å². The highest BCUT2D eigenvalue weighted by Crippen LogP contribution is 2.02. The van der Waals surface area contributed by atoms with Gasteiger partial charge in [0.1, 0.15) is 17.5 Å². The van der Waals surface area contributed by atoms with Crippen LogP contribution in [0.15, 0.2) is 36.2 Å². The maximum atomic E-state index is 11.9. The monoisotopic (exact) mass is 301 g/mol. The van der Waals surface area contributed by atoms with Crippen LogP contribution in [-0.2, 0) is 9.53 Å². The summed E-state index contributed by atoms with van der Waals surface area (Å²) in [6, 6.07) is 7.24. The summed E-state index contributed by atoms with van der Waals surface area (Å²) in [6.07, 6.45) is 3.00. The Kier molecular flexibility index (Phi) is 6.36. The summed E-state index contributed by atoms with van der Waals surface area (Å²) in [5, 5.41) is 14.6. The first-order valence-corrected chi connectivity index (χ1v) is 7.16. The van der Waals surface area contributed by atoms with E-state index in [0.29, 0.717) is 12.4 Å². The van der Waals surface area contributed by atoms with Crippen molar-refractivity contribution in [1.82, 2.24) is 15.2 Å². The molecule has 1 amide bonds. The second kappa shape index (κ2) is 8.77. The first kappa shape index (κ1) is 15.9. The number of carbonyl (C=O) groups excluding carboxylic acids is 1. The standard InChI is InChI=1S/C15H19N5O2/c16-11-13(12-19-14-3-1-2-4-17-14)15(21)18-5-6-20-7-9-22-10-8-20/h1-4,12H,5-10H2,(H,17,19)(H,18,21)/b13-12-. The molecule has 1 fully saturated rings. The molecule has 1 aliphatic rings. The lowest BCUT2D eigenvalue weighted by atomic mass is 10.3. The Bertz CT molecular complexity index is 547. The van der Waals surface area contributed by atoms with Gasteiger partial charge >= 0.3 is 0 Å². The van der Waals surface area contributed by atoms with Crippen molar-refractivity contribution >= 4 is 11.7 Å². The number of ether oxygens (including phenoxy) is 1. The smallest absolute Gasteiger partial charge is 0.263 e. The molecule has 1 aromatic heterocycles. The molecule has 0 saturated carbocycles. The molecule has 1 aliphatic heterocycles. The first-order chi connectivity index (χ1) is 10.8. The zero-order valence-electron chi connectivity index (χ0n) is 12.3. The summed E-state index contributed by atoms with van der Waals surface area (Å²) < 4.78 is 5.26. The van der Waals surface area contributed by atoms with Gasteiger partial charge in [-0.05, 0) is 12.1 Å². The zero-order valence-corrected chi connectivity index (χ0v) is 12.3. The van der Waals surface area contributed by atoms with E-state index in [1.54, 1.807) is 18.3 Å². The molecule has 0 unspecified atom stereocenters. The minimum Gasteiger partial charge on any atom is -0.379 e. The Labute approximate surface area is 129 Å². The van der Waals surface area contributed by atoms with Crippen LogP contribution in [-0.4, -0.2) is 55.2 Å². The second-order valence-corrected chi connectivity index (χ2v) is 4.74. The minimum absolute atomic E-state index is 0.0210. The molecule has 7 heteroatoms. The van der Waals surface area contributed by atoms with Crippen LogP contribution in [0, 0.1) is 11.3 Å². The Balaban J connectivity index is 1.77. The van der Waals surface area contributed by atoms with Crippen molar-refractivity contribution in [2.24, 2.45) is 0 Å². The lowest BCUT2D eigenvalue weighted by Crippen LogP contribution is -2.41. The fourth-order valence-corrected chi connectivity index (χ4v) is 1.99. The van der Waals surface area contributed by atoms with Crippen molar-refractivity contribution in [1.29, 1.82) is 5.26 Å². The van der Waals surface area contributed by atoms with Gasteiger partial charge in [-0.25, -0.2) is 4.98 Å². The van der Waals surface area contributed by atoms with Gasteiger partial charge in [0.15, 0.2) is 0 Å². The molecule has 0 atom stereocenters. The van der Waals surface area contributed by atoms with Crippen molar-refractivity contribution in [3.8, 4) is 6.07 Å². The van der Waals surface area contributed by atoms with Gasteiger partial charge in [0.2, 0.25) is 0 Å². The number of aromatic nitrogens is 1. The normalized spacial score (nSPS) is 15.9. The Morgan fingerprint density at radius 1 is 1.45 bits per heavy atom. The fraction of sp³-hybridized carbons (Fsp3) is 0.400. The Morgan fingerprint density at radius 2 is 2.27 bits per heavy atom. The number of nitriles is 1. The number of anilines is 1. The van der Waals surface area contributed by atoms with Crippen LogP contribution in [0.5, 0.6) is 0 Å². The summed E-state index contributed by atoms with van der Waals surface area (Å²) in [5.41, 5.74) is 0.0210. The van der Waals surface area contributed by atoms with Crippen LogP contribution in [0.25, 0.3) is 0 Å². The molecule has 0 aliphatic carbocycles. The number of hydrogen-bond acceptors (Lipinski definition) is 6. The largest absolute Gasteiger partial charge is 0.379 e. The molecule has 0 radical (unpaired) electrons. The van der Waals surface area contributed by atoms with Crippen molar-refractivity contribution in [3.63, 3.8) is 0 Å². The maximum absolute atomic E-state index is 11.9. The van der Waals surface area contributed by atoms with E-state index in [1.807, 2.05) is 12.1 Å². The second-order valence-electron chi connectivity index (χ2n) is 4.74. The quantitative estimate of drug-likeness (QED) is 0.582. The highest BCUT2D eigenvalue weighted by molar-refractivity contribution is 5.97. The van der Waals surface area contributed by atoms with Crippen LogP contribution in [0.1, 0.15) is 0 Å². The molecule has 116 valence electrons. The molecule has 2 rings (SSSR count). The Morgan fingerprint density at radius 3 is 2.95 bits per heavy atom. The topological polar surface area (TPSA) is 90.3 Å². The molecule has 0 aromatic carbocycles. The van der Waals surface area contributed by atoms with E-state index in [0.717, 1.165) is 32.8 Å². The third kappa shape index (κ3) is 5.16. The molecule has 7 nitrogen and oxygen atoms in total. The van der Waals surface area contributed by atoms with E-state index < -0.39 is 0 Å². The lowest BCUT2D eigenvalue weighted by Gasteiger charge is -2.26. The van der Waals surface area contributed by atoms with Crippen LogP contribution in [0.3, 0.4) is 0 Å². The van der Waals surface area contributed by atoms with Crippen LogP contribution < -0.4 is 10.6 Å². The lowest BCUT2D eigenvalue weighted by molar-refractivity contribution is -0.117. The van der Waals surface area contributed by atoms with Gasteiger partial charge in [0.25, 0.3) is 5.91 Å². The van der Waals surface area contributed by atoms with E-state index in [-0.39, 0.29) is 11.5 Å². The van der Waals surface area contributed by atoms with E-state index in [9.17, 15) is 4.79 Å². The summed E-state index contributed by atoms with van der Waals surface area (Å²) in [6.45, 7) is 4.45. The van der Waals surface area contributed by atoms with Crippen molar-refractivity contribution in [2.45, 2.75) is 0 Å². The van der Waals surface area contributed by atoms with Crippen LogP contribution in [0.2, 0.25) is 0 Å². The van der Waals surface area contributed by atoms with Gasteiger partial charge in [-0.1, -0.05) is 6.07 Å². The van der Waals surface area contributed by atoms with E-state index in [2.05, 4.69) is 20.5 Å². The van der Waals surface area contributed by atoms with Gasteiger partial charge < -0.3 is 15.4 Å². The number of hydrogen-bond donors (Lipinski definition) is 2. The third-order valence-corrected chi connectivity index (χ3v) is 3.21. The number of amides is 1. The molecule has 2 heterocycles. The highest BCUT2D eigenvalue weighted by Gasteiger charge is 2.12. The average molecular weight is 301 g/mol. The summed E-state index contributed by atoms with van der Waals surface area (Å²) in [4.78, 5) is 18.2. The summed E-state index contributed by atoms with van der Waals surface area (Å²) in [5.74, 6) is 0.190. The van der Waals surface area contributed by atoms with Gasteiger partial charge in [0, 0.05) is 38.6 Å². The molecule has 2 N–H and O–H groups in total. The molecule has 22 heavy (non-hydrogen) atoms. The highest BCUT2D eigenvalue weighted by atomic mass is 16.5. The summed E-state index contributed by atoms with van der Waals surface area (Å²) >= 11 is 0. The van der Waals surface area contributed by atoms with Crippen molar-refractivity contribution < 1.29 is 9.53 Å². The minimum atomic E-state index is -0.390. The number of morpholine rings is 1. The fourth-order valence-electron chi connectivity index (χ4n) is 1.99. The number of carbonyl (C=O) groups is 1. The molecular weight excluding hydrogens is 282 g/mol. The van der Waals surface area contributed by atoms with E-state index in [1.165, 1.54) is 6.20 Å². The predicted octanol–water partition coefficient (Wildman–Crippen LogP) is 0.349. The van der Waals surface area contributed by atoms with E-state index in [4.69, 9.17) is 10.00 Å². The van der Waals surface area contributed by atoms with Gasteiger partial charge in [-0.15, -0.1) is 0 Å². The molecule has 1 aromatic rings. The van der Waals surface area contributed by atoms with Gasteiger partial charge in [-0.2, -0.15) is 5.26 Å². The third-order valence-electron chi connectivity index (χ3n) is 3.21. The first-order valence-electron chi connectivity index (χ1n) is 7.16. The predicted molar refractivity (Wildman–Crippen MR) is 81.8 cm³/mol. The SMILES string of the molecule is N#C/C(=C/Nc1ccccn1)C(=O)NCCN1CCOCC1. The molecule has 0 bridgehead atoms. The molecular formula is C15H19N5O2. The van der Waals surface area contributed by atoms with Gasteiger partial charge in [-0.3, -0.25) is 9.69 Å². The average Bonchev–Trinajstić information content (AvgIpc) is 2.57. The van der Waals surface area contributed by atoms with E-state index >= 15 is 0 Å². The number of nitrogens with zero attached hydrogens (tertiary/aromatic N) is 3.